The van der Waals surface area contributed by atoms with Crippen molar-refractivity contribution in [2.45, 2.75) is 13.8 Å². The lowest BCUT2D eigenvalue weighted by molar-refractivity contribution is 0.103. The first-order valence-electron chi connectivity index (χ1n) is 6.40. The van der Waals surface area contributed by atoms with Crippen LogP contribution in [0.3, 0.4) is 0 Å². The van der Waals surface area contributed by atoms with Gasteiger partial charge in [-0.15, -0.1) is 0 Å². The number of carbonyl (C=O) groups excluding carboxylic acids is 1. The van der Waals surface area contributed by atoms with Crippen LogP contribution in [0.1, 0.15) is 27.0 Å². The minimum atomic E-state index is -0.00727. The van der Waals surface area contributed by atoms with Gasteiger partial charge < -0.3 is 9.47 Å². The predicted octanol–water partition coefficient (Wildman–Crippen LogP) is 3.55. The Labute approximate surface area is 119 Å². The van der Waals surface area contributed by atoms with Crippen molar-refractivity contribution >= 4 is 5.78 Å². The van der Waals surface area contributed by atoms with Crippen molar-refractivity contribution in [1.29, 1.82) is 0 Å². The Balaban J connectivity index is 2.45. The van der Waals surface area contributed by atoms with E-state index in [2.05, 4.69) is 0 Å². The van der Waals surface area contributed by atoms with Crippen molar-refractivity contribution in [3.8, 4) is 11.5 Å². The minimum absolute atomic E-state index is 0.00727. The Hall–Kier alpha value is -2.29. The number of ketones is 1. The second kappa shape index (κ2) is 5.78. The third-order valence-electron chi connectivity index (χ3n) is 3.32. The normalized spacial score (nSPS) is 10.2. The van der Waals surface area contributed by atoms with Crippen molar-refractivity contribution in [3.63, 3.8) is 0 Å². The van der Waals surface area contributed by atoms with Crippen LogP contribution in [-0.2, 0) is 0 Å². The smallest absolute Gasteiger partial charge is 0.193 e. The molecule has 0 aliphatic heterocycles. The Morgan fingerprint density at radius 2 is 1.70 bits per heavy atom. The Kier molecular flexibility index (Phi) is 4.08. The molecule has 0 spiro atoms. The topological polar surface area (TPSA) is 35.5 Å². The molecular weight excluding hydrogens is 252 g/mol. The van der Waals surface area contributed by atoms with Gasteiger partial charge in [0, 0.05) is 11.1 Å². The Morgan fingerprint density at radius 3 is 2.35 bits per heavy atom. The molecule has 0 unspecified atom stereocenters. The van der Waals surface area contributed by atoms with E-state index >= 15 is 0 Å². The first kappa shape index (κ1) is 14.1. The molecule has 104 valence electrons. The fourth-order valence-corrected chi connectivity index (χ4v) is 2.17. The summed E-state index contributed by atoms with van der Waals surface area (Å²) in [5.41, 5.74) is 3.16. The Bertz CT molecular complexity index is 645. The summed E-state index contributed by atoms with van der Waals surface area (Å²) in [6, 6.07) is 10.9. The summed E-state index contributed by atoms with van der Waals surface area (Å²) in [6.07, 6.45) is 0. The van der Waals surface area contributed by atoms with Gasteiger partial charge in [0.25, 0.3) is 0 Å². The van der Waals surface area contributed by atoms with Gasteiger partial charge in [-0.1, -0.05) is 12.1 Å². The number of methoxy groups -OCH3 is 2. The van der Waals surface area contributed by atoms with E-state index in [1.807, 2.05) is 38.1 Å². The van der Waals surface area contributed by atoms with Gasteiger partial charge in [0.2, 0.25) is 0 Å². The maximum absolute atomic E-state index is 12.6. The minimum Gasteiger partial charge on any atom is -0.497 e. The van der Waals surface area contributed by atoms with Gasteiger partial charge in [0.05, 0.1) is 14.2 Å². The molecule has 0 aromatic heterocycles. The second-order valence-electron chi connectivity index (χ2n) is 4.70. The number of hydrogen-bond donors (Lipinski definition) is 0. The third-order valence-corrected chi connectivity index (χ3v) is 3.32. The van der Waals surface area contributed by atoms with Crippen molar-refractivity contribution in [2.24, 2.45) is 0 Å². The van der Waals surface area contributed by atoms with E-state index in [-0.39, 0.29) is 5.78 Å². The molecule has 0 aliphatic carbocycles. The van der Waals surface area contributed by atoms with Gasteiger partial charge in [-0.2, -0.15) is 0 Å². The third kappa shape index (κ3) is 2.67. The molecule has 0 aliphatic rings. The lowest BCUT2D eigenvalue weighted by Gasteiger charge is -2.11. The van der Waals surface area contributed by atoms with Crippen LogP contribution in [0.15, 0.2) is 36.4 Å². The van der Waals surface area contributed by atoms with E-state index in [1.54, 1.807) is 26.4 Å². The van der Waals surface area contributed by atoms with Crippen molar-refractivity contribution in [3.05, 3.63) is 58.7 Å². The summed E-state index contributed by atoms with van der Waals surface area (Å²) in [5.74, 6) is 1.47. The molecule has 0 amide bonds. The molecule has 0 bridgehead atoms. The summed E-state index contributed by atoms with van der Waals surface area (Å²) in [5, 5.41) is 0. The molecule has 2 rings (SSSR count). The number of ether oxygens (including phenoxy) is 2. The van der Waals surface area contributed by atoms with Crippen LogP contribution in [0.2, 0.25) is 0 Å². The van der Waals surface area contributed by atoms with E-state index in [4.69, 9.17) is 9.47 Å². The highest BCUT2D eigenvalue weighted by atomic mass is 16.5. The van der Waals surface area contributed by atoms with E-state index in [1.165, 1.54) is 0 Å². The van der Waals surface area contributed by atoms with Gasteiger partial charge in [-0.25, -0.2) is 0 Å². The average molecular weight is 270 g/mol. The zero-order chi connectivity index (χ0) is 14.7. The van der Waals surface area contributed by atoms with Crippen LogP contribution < -0.4 is 9.47 Å². The standard InChI is InChI=1S/C17H18O3/c1-11-9-16(20-4)12(2)8-15(11)17(18)13-6-5-7-14(10-13)19-3/h5-10H,1-4H3. The number of hydrogen-bond acceptors (Lipinski definition) is 3. The number of aryl methyl sites for hydroxylation is 2. The SMILES string of the molecule is COc1cccc(C(=O)c2cc(C)c(OC)cc2C)c1. The molecule has 0 heterocycles. The fourth-order valence-electron chi connectivity index (χ4n) is 2.17. The van der Waals surface area contributed by atoms with Crippen LogP contribution >= 0.6 is 0 Å². The number of rotatable bonds is 4. The van der Waals surface area contributed by atoms with Crippen LogP contribution in [0, 0.1) is 13.8 Å². The van der Waals surface area contributed by atoms with E-state index in [0.717, 1.165) is 16.9 Å². The summed E-state index contributed by atoms with van der Waals surface area (Å²) in [6.45, 7) is 3.84. The molecule has 0 saturated carbocycles. The predicted molar refractivity (Wildman–Crippen MR) is 78.9 cm³/mol. The van der Waals surface area contributed by atoms with Crippen molar-refractivity contribution in [1.82, 2.24) is 0 Å². The number of benzene rings is 2. The monoisotopic (exact) mass is 270 g/mol. The van der Waals surface area contributed by atoms with Gasteiger partial charge in [-0.3, -0.25) is 4.79 Å². The first-order valence-corrected chi connectivity index (χ1v) is 6.40. The summed E-state index contributed by atoms with van der Waals surface area (Å²) < 4.78 is 10.4. The molecule has 3 heteroatoms. The lowest BCUT2D eigenvalue weighted by Crippen LogP contribution is -2.05. The molecular formula is C17H18O3. The average Bonchev–Trinajstić information content (AvgIpc) is 2.48. The molecule has 2 aromatic carbocycles. The highest BCUT2D eigenvalue weighted by Crippen LogP contribution is 2.25. The molecule has 0 radical (unpaired) electrons. The highest BCUT2D eigenvalue weighted by Gasteiger charge is 2.14. The fraction of sp³-hybridized carbons (Fsp3) is 0.235. The number of carbonyl (C=O) groups is 1. The highest BCUT2D eigenvalue weighted by molar-refractivity contribution is 6.10. The van der Waals surface area contributed by atoms with E-state index < -0.39 is 0 Å². The first-order chi connectivity index (χ1) is 9.56. The van der Waals surface area contributed by atoms with Crippen molar-refractivity contribution < 1.29 is 14.3 Å². The maximum Gasteiger partial charge on any atom is 0.193 e. The molecule has 3 nitrogen and oxygen atoms in total. The Morgan fingerprint density at radius 1 is 0.950 bits per heavy atom. The van der Waals surface area contributed by atoms with Crippen LogP contribution in [0.4, 0.5) is 0 Å². The molecule has 0 atom stereocenters. The zero-order valence-corrected chi connectivity index (χ0v) is 12.2. The van der Waals surface area contributed by atoms with Gasteiger partial charge in [0.1, 0.15) is 11.5 Å². The molecule has 0 saturated heterocycles. The second-order valence-corrected chi connectivity index (χ2v) is 4.70. The van der Waals surface area contributed by atoms with Crippen LogP contribution in [0.5, 0.6) is 11.5 Å². The summed E-state index contributed by atoms with van der Waals surface area (Å²) in [7, 11) is 3.22. The van der Waals surface area contributed by atoms with E-state index in [9.17, 15) is 4.79 Å². The zero-order valence-electron chi connectivity index (χ0n) is 12.2. The van der Waals surface area contributed by atoms with Crippen LogP contribution in [0.25, 0.3) is 0 Å². The van der Waals surface area contributed by atoms with Crippen LogP contribution in [-0.4, -0.2) is 20.0 Å². The molecule has 0 fully saturated rings. The molecule has 2 aromatic rings. The summed E-state index contributed by atoms with van der Waals surface area (Å²) in [4.78, 5) is 12.6. The lowest BCUT2D eigenvalue weighted by atomic mass is 9.96. The van der Waals surface area contributed by atoms with Crippen molar-refractivity contribution in [2.75, 3.05) is 14.2 Å². The summed E-state index contributed by atoms with van der Waals surface area (Å²) >= 11 is 0. The molecule has 20 heavy (non-hydrogen) atoms. The maximum atomic E-state index is 12.6. The van der Waals surface area contributed by atoms with Gasteiger partial charge >= 0.3 is 0 Å². The quantitative estimate of drug-likeness (QED) is 0.797. The van der Waals surface area contributed by atoms with E-state index in [0.29, 0.717) is 16.9 Å². The van der Waals surface area contributed by atoms with Gasteiger partial charge in [-0.05, 0) is 49.2 Å². The molecule has 0 N–H and O–H groups in total. The largest absolute Gasteiger partial charge is 0.497 e. The van der Waals surface area contributed by atoms with Gasteiger partial charge in [0.15, 0.2) is 5.78 Å².